The van der Waals surface area contributed by atoms with Gasteiger partial charge in [-0.15, -0.1) is 0 Å². The van der Waals surface area contributed by atoms with Gasteiger partial charge in [-0.1, -0.05) is 32.6 Å². The molecule has 0 spiro atoms. The van der Waals surface area contributed by atoms with Gasteiger partial charge in [-0.3, -0.25) is 19.2 Å². The number of nitrogens with two attached hydrogens (primary N) is 1. The molecule has 0 rings (SSSR count). The highest BCUT2D eigenvalue weighted by atomic mass is 16.4. The summed E-state index contributed by atoms with van der Waals surface area (Å²) in [5.74, 6) is -2.36. The lowest BCUT2D eigenvalue weighted by Gasteiger charge is -2.02. The molecule has 0 aromatic rings. The molecule has 0 heterocycles. The van der Waals surface area contributed by atoms with Crippen LogP contribution >= 0.6 is 0 Å². The van der Waals surface area contributed by atoms with Crippen LogP contribution in [0.2, 0.25) is 0 Å². The third-order valence-corrected chi connectivity index (χ3v) is 1.97. The highest BCUT2D eigenvalue weighted by Gasteiger charge is 1.98. The zero-order valence-electron chi connectivity index (χ0n) is 15.7. The van der Waals surface area contributed by atoms with Crippen molar-refractivity contribution in [1.82, 2.24) is 5.32 Å². The highest BCUT2D eigenvalue weighted by Crippen LogP contribution is 2.04. The van der Waals surface area contributed by atoms with Gasteiger partial charge in [0.2, 0.25) is 5.91 Å². The Kier molecular flexibility index (Phi) is 32.8. The van der Waals surface area contributed by atoms with E-state index in [9.17, 15) is 4.79 Å². The van der Waals surface area contributed by atoms with Gasteiger partial charge in [0.1, 0.15) is 0 Å². The van der Waals surface area contributed by atoms with Crippen molar-refractivity contribution in [3.05, 3.63) is 0 Å². The lowest BCUT2D eigenvalue weighted by atomic mass is 10.1. The molecule has 0 aromatic carbocycles. The normalized spacial score (nSPS) is 8.20. The van der Waals surface area contributed by atoms with Gasteiger partial charge in [-0.05, 0) is 6.42 Å². The summed E-state index contributed by atoms with van der Waals surface area (Å²) in [4.78, 5) is 38.1. The number of carbonyl (C=O) groups is 4. The first-order valence-corrected chi connectivity index (χ1v) is 8.06. The van der Waals surface area contributed by atoms with E-state index < -0.39 is 17.9 Å². The molecule has 1 amide bonds. The Balaban J connectivity index is -0.000000150. The molecule has 150 valence electrons. The maximum Gasteiger partial charge on any atom is 0.300 e. The summed E-state index contributed by atoms with van der Waals surface area (Å²) in [7, 11) is 0. The molecular weight excluding hydrogens is 332 g/mol. The van der Waals surface area contributed by atoms with E-state index in [0.29, 0.717) is 19.5 Å². The van der Waals surface area contributed by atoms with Crippen molar-refractivity contribution in [2.24, 2.45) is 5.73 Å². The highest BCUT2D eigenvalue weighted by molar-refractivity contribution is 5.75. The van der Waals surface area contributed by atoms with Crippen LogP contribution in [-0.2, 0) is 19.2 Å². The van der Waals surface area contributed by atoms with Crippen molar-refractivity contribution in [2.45, 2.75) is 66.2 Å². The number of amides is 1. The lowest BCUT2D eigenvalue weighted by molar-refractivity contribution is -0.135. The van der Waals surface area contributed by atoms with Crippen LogP contribution in [0, 0.1) is 0 Å². The third-order valence-electron chi connectivity index (χ3n) is 1.97. The van der Waals surface area contributed by atoms with Crippen LogP contribution in [0.3, 0.4) is 0 Å². The minimum Gasteiger partial charge on any atom is -0.481 e. The summed E-state index contributed by atoms with van der Waals surface area (Å²) in [6.45, 7) is 6.57. The predicted octanol–water partition coefficient (Wildman–Crippen LogP) is 1.69. The van der Waals surface area contributed by atoms with Gasteiger partial charge in [0, 0.05) is 40.3 Å². The Morgan fingerprint density at radius 1 is 0.800 bits per heavy atom. The summed E-state index contributed by atoms with van der Waals surface area (Å²) < 4.78 is 0. The molecule has 25 heavy (non-hydrogen) atoms. The van der Waals surface area contributed by atoms with Crippen LogP contribution in [0.15, 0.2) is 0 Å². The van der Waals surface area contributed by atoms with Crippen LogP contribution in [0.4, 0.5) is 0 Å². The summed E-state index contributed by atoms with van der Waals surface area (Å²) in [6, 6.07) is 0. The van der Waals surface area contributed by atoms with Gasteiger partial charge < -0.3 is 26.4 Å². The quantitative estimate of drug-likeness (QED) is 0.404. The predicted molar refractivity (Wildman–Crippen MR) is 95.4 cm³/mol. The number of nitrogens with one attached hydrogen (secondary N) is 1. The maximum atomic E-state index is 11.1. The van der Waals surface area contributed by atoms with E-state index in [4.69, 9.17) is 35.4 Å². The van der Waals surface area contributed by atoms with Gasteiger partial charge in [-0.25, -0.2) is 0 Å². The van der Waals surface area contributed by atoms with E-state index in [-0.39, 0.29) is 5.91 Å². The largest absolute Gasteiger partial charge is 0.481 e. The molecular formula is C16H34N2O7. The summed E-state index contributed by atoms with van der Waals surface area (Å²) in [5.41, 5.74) is 5.26. The summed E-state index contributed by atoms with van der Waals surface area (Å²) >= 11 is 0. The number of hydrogen-bond donors (Lipinski definition) is 5. The maximum absolute atomic E-state index is 11.1. The average molecular weight is 366 g/mol. The molecule has 0 radical (unpaired) electrons. The van der Waals surface area contributed by atoms with Crippen LogP contribution in [0.5, 0.6) is 0 Å². The van der Waals surface area contributed by atoms with E-state index in [2.05, 4.69) is 12.2 Å². The first kappa shape index (κ1) is 30.7. The number of aliphatic carboxylic acids is 3. The SMILES string of the molecule is CC(=O)O.CC(=O)O.CC(=O)O.CCCCCCCC(=O)NCCN. The topological polar surface area (TPSA) is 167 Å². The van der Waals surface area contributed by atoms with Gasteiger partial charge in [0.25, 0.3) is 17.9 Å². The Bertz CT molecular complexity index is 307. The van der Waals surface area contributed by atoms with Gasteiger partial charge in [0.15, 0.2) is 0 Å². The zero-order valence-corrected chi connectivity index (χ0v) is 15.7. The second kappa shape index (κ2) is 26.7. The van der Waals surface area contributed by atoms with Crippen LogP contribution in [0.1, 0.15) is 66.2 Å². The van der Waals surface area contributed by atoms with Gasteiger partial charge >= 0.3 is 0 Å². The van der Waals surface area contributed by atoms with Crippen molar-refractivity contribution in [2.75, 3.05) is 13.1 Å². The van der Waals surface area contributed by atoms with Crippen molar-refractivity contribution in [3.8, 4) is 0 Å². The number of hydrogen-bond acceptors (Lipinski definition) is 5. The summed E-state index contributed by atoms with van der Waals surface area (Å²) in [5, 5.41) is 25.0. The van der Waals surface area contributed by atoms with Crippen molar-refractivity contribution < 1.29 is 34.5 Å². The first-order valence-electron chi connectivity index (χ1n) is 8.06. The summed E-state index contributed by atoms with van der Waals surface area (Å²) in [6.07, 6.45) is 6.62. The molecule has 0 saturated carbocycles. The molecule has 0 aliphatic rings. The average Bonchev–Trinajstić information content (AvgIpc) is 2.43. The molecule has 0 aliphatic carbocycles. The van der Waals surface area contributed by atoms with Crippen LogP contribution in [-0.4, -0.2) is 52.2 Å². The monoisotopic (exact) mass is 366 g/mol. The van der Waals surface area contributed by atoms with E-state index >= 15 is 0 Å². The minimum atomic E-state index is -0.833. The van der Waals surface area contributed by atoms with E-state index in [1.54, 1.807) is 0 Å². The van der Waals surface area contributed by atoms with Crippen LogP contribution in [0.25, 0.3) is 0 Å². The molecule has 9 heteroatoms. The Labute approximate surface area is 149 Å². The van der Waals surface area contributed by atoms with Gasteiger partial charge in [-0.2, -0.15) is 0 Å². The van der Waals surface area contributed by atoms with E-state index in [1.165, 1.54) is 25.7 Å². The van der Waals surface area contributed by atoms with E-state index in [1.807, 2.05) is 0 Å². The molecule has 0 atom stereocenters. The molecule has 0 unspecified atom stereocenters. The fraction of sp³-hybridized carbons (Fsp3) is 0.750. The molecule has 9 nitrogen and oxygen atoms in total. The fourth-order valence-corrected chi connectivity index (χ4v) is 1.19. The first-order chi connectivity index (χ1) is 11.5. The molecule has 0 aliphatic heterocycles. The van der Waals surface area contributed by atoms with Crippen LogP contribution < -0.4 is 11.1 Å². The Morgan fingerprint density at radius 2 is 1.16 bits per heavy atom. The molecule has 6 N–H and O–H groups in total. The minimum absolute atomic E-state index is 0.141. The number of unbranched alkanes of at least 4 members (excludes halogenated alkanes) is 4. The second-order valence-corrected chi connectivity index (χ2v) is 4.86. The standard InChI is InChI=1S/C10H22N2O.3C2H4O2/c1-2-3-4-5-6-7-10(13)12-9-8-11;3*1-2(3)4/h2-9,11H2,1H3,(H,12,13);3*1H3,(H,3,4). The number of carbonyl (C=O) groups excluding carboxylic acids is 1. The second-order valence-electron chi connectivity index (χ2n) is 4.86. The zero-order chi connectivity index (χ0) is 20.7. The molecule has 0 fully saturated rings. The molecule has 0 bridgehead atoms. The third kappa shape index (κ3) is 110. The fourth-order valence-electron chi connectivity index (χ4n) is 1.19. The lowest BCUT2D eigenvalue weighted by Crippen LogP contribution is -2.28. The smallest absolute Gasteiger partial charge is 0.300 e. The number of carboxylic acids is 3. The number of rotatable bonds is 8. The van der Waals surface area contributed by atoms with Crippen molar-refractivity contribution in [3.63, 3.8) is 0 Å². The molecule has 0 aromatic heterocycles. The van der Waals surface area contributed by atoms with Gasteiger partial charge in [0.05, 0.1) is 0 Å². The Morgan fingerprint density at radius 3 is 1.48 bits per heavy atom. The number of carboxylic acid groups (broad SMARTS) is 3. The van der Waals surface area contributed by atoms with Crippen molar-refractivity contribution in [1.29, 1.82) is 0 Å². The Hall–Kier alpha value is -2.16. The van der Waals surface area contributed by atoms with Crippen molar-refractivity contribution >= 4 is 23.8 Å². The molecule has 0 saturated heterocycles. The van der Waals surface area contributed by atoms with E-state index in [0.717, 1.165) is 27.2 Å².